The highest BCUT2D eigenvalue weighted by molar-refractivity contribution is 5.50. The molecule has 0 spiro atoms. The molecule has 1 heterocycles. The molecule has 2 N–H and O–H groups in total. The Morgan fingerprint density at radius 2 is 2.12 bits per heavy atom. The Balaban J connectivity index is 1.86. The summed E-state index contributed by atoms with van der Waals surface area (Å²) in [4.78, 5) is 0. The van der Waals surface area contributed by atoms with Crippen LogP contribution in [0.1, 0.15) is 18.4 Å². The maximum absolute atomic E-state index is 9.58. The van der Waals surface area contributed by atoms with Gasteiger partial charge >= 0.3 is 0 Å². The lowest BCUT2D eigenvalue weighted by molar-refractivity contribution is 0.0699. The summed E-state index contributed by atoms with van der Waals surface area (Å²) in [5.74, 6) is 1.05. The number of aromatic hydroxyl groups is 1. The van der Waals surface area contributed by atoms with Crippen LogP contribution in [0.15, 0.2) is 18.2 Å². The Morgan fingerprint density at radius 3 is 2.81 bits per heavy atom. The van der Waals surface area contributed by atoms with Crippen LogP contribution in [0.25, 0.3) is 0 Å². The van der Waals surface area contributed by atoms with E-state index in [9.17, 15) is 5.11 Å². The van der Waals surface area contributed by atoms with Gasteiger partial charge in [0.15, 0.2) is 0 Å². The second-order valence-corrected chi connectivity index (χ2v) is 4.44. The van der Waals surface area contributed by atoms with Gasteiger partial charge in [0, 0.05) is 31.5 Å². The van der Waals surface area contributed by atoms with Crippen molar-refractivity contribution >= 4 is 5.69 Å². The SMILES string of the molecule is Cc1ccc(NCC2CCOCC2)cc1O. The van der Waals surface area contributed by atoms with Gasteiger partial charge in [-0.15, -0.1) is 0 Å². The minimum atomic E-state index is 0.358. The lowest BCUT2D eigenvalue weighted by Crippen LogP contribution is -2.22. The molecule has 0 saturated carbocycles. The van der Waals surface area contributed by atoms with E-state index in [0.717, 1.165) is 43.9 Å². The fourth-order valence-electron chi connectivity index (χ4n) is 1.93. The molecule has 0 aromatic heterocycles. The molecule has 3 heteroatoms. The number of hydrogen-bond donors (Lipinski definition) is 2. The molecule has 0 radical (unpaired) electrons. The first-order chi connectivity index (χ1) is 7.75. The largest absolute Gasteiger partial charge is 0.508 e. The Labute approximate surface area is 96.4 Å². The molecule has 0 atom stereocenters. The predicted molar refractivity (Wildman–Crippen MR) is 64.9 cm³/mol. The zero-order chi connectivity index (χ0) is 11.4. The molecule has 0 unspecified atom stereocenters. The van der Waals surface area contributed by atoms with E-state index < -0.39 is 0 Å². The fourth-order valence-corrected chi connectivity index (χ4v) is 1.93. The number of hydrogen-bond acceptors (Lipinski definition) is 3. The van der Waals surface area contributed by atoms with E-state index in [1.165, 1.54) is 0 Å². The van der Waals surface area contributed by atoms with Gasteiger partial charge in [-0.3, -0.25) is 0 Å². The van der Waals surface area contributed by atoms with Crippen molar-refractivity contribution in [2.45, 2.75) is 19.8 Å². The summed E-state index contributed by atoms with van der Waals surface area (Å²) >= 11 is 0. The lowest BCUT2D eigenvalue weighted by Gasteiger charge is -2.22. The third-order valence-electron chi connectivity index (χ3n) is 3.14. The van der Waals surface area contributed by atoms with E-state index in [4.69, 9.17) is 4.74 Å². The van der Waals surface area contributed by atoms with E-state index in [1.54, 1.807) is 6.07 Å². The lowest BCUT2D eigenvalue weighted by atomic mass is 10.0. The summed E-state index contributed by atoms with van der Waals surface area (Å²) in [6.45, 7) is 4.63. The Hall–Kier alpha value is -1.22. The van der Waals surface area contributed by atoms with Crippen LogP contribution < -0.4 is 5.32 Å². The van der Waals surface area contributed by atoms with Crippen molar-refractivity contribution in [3.05, 3.63) is 23.8 Å². The molecule has 1 aromatic rings. The normalized spacial score (nSPS) is 17.3. The summed E-state index contributed by atoms with van der Waals surface area (Å²) in [6.07, 6.45) is 2.26. The smallest absolute Gasteiger partial charge is 0.120 e. The van der Waals surface area contributed by atoms with Crippen LogP contribution in [-0.4, -0.2) is 24.9 Å². The molecule has 0 aliphatic carbocycles. The van der Waals surface area contributed by atoms with Gasteiger partial charge in [-0.05, 0) is 37.3 Å². The highest BCUT2D eigenvalue weighted by Gasteiger charge is 2.13. The van der Waals surface area contributed by atoms with Crippen molar-refractivity contribution in [1.82, 2.24) is 0 Å². The molecule has 0 bridgehead atoms. The molecule has 1 aliphatic heterocycles. The molecule has 3 nitrogen and oxygen atoms in total. The average molecular weight is 221 g/mol. The van der Waals surface area contributed by atoms with Gasteiger partial charge < -0.3 is 15.2 Å². The van der Waals surface area contributed by atoms with Crippen LogP contribution in [0.3, 0.4) is 0 Å². The van der Waals surface area contributed by atoms with Crippen molar-refractivity contribution in [2.24, 2.45) is 5.92 Å². The number of phenolic OH excluding ortho intramolecular Hbond substituents is 1. The summed E-state index contributed by atoms with van der Waals surface area (Å²) in [6, 6.07) is 5.73. The van der Waals surface area contributed by atoms with Gasteiger partial charge in [-0.25, -0.2) is 0 Å². The summed E-state index contributed by atoms with van der Waals surface area (Å²) < 4.78 is 5.32. The van der Waals surface area contributed by atoms with Gasteiger partial charge in [-0.2, -0.15) is 0 Å². The first-order valence-electron chi connectivity index (χ1n) is 5.87. The van der Waals surface area contributed by atoms with Crippen LogP contribution in [0.4, 0.5) is 5.69 Å². The number of nitrogens with one attached hydrogen (secondary N) is 1. The molecular weight excluding hydrogens is 202 g/mol. The highest BCUT2D eigenvalue weighted by Crippen LogP contribution is 2.22. The van der Waals surface area contributed by atoms with Crippen molar-refractivity contribution in [3.8, 4) is 5.75 Å². The Bertz CT molecular complexity index is 346. The summed E-state index contributed by atoms with van der Waals surface area (Å²) in [7, 11) is 0. The van der Waals surface area contributed by atoms with Gasteiger partial charge in [0.25, 0.3) is 0 Å². The number of ether oxygens (including phenoxy) is 1. The van der Waals surface area contributed by atoms with E-state index in [2.05, 4.69) is 5.32 Å². The molecular formula is C13H19NO2. The highest BCUT2D eigenvalue weighted by atomic mass is 16.5. The van der Waals surface area contributed by atoms with Crippen LogP contribution in [0, 0.1) is 12.8 Å². The number of rotatable bonds is 3. The quantitative estimate of drug-likeness (QED) is 0.824. The number of anilines is 1. The second-order valence-electron chi connectivity index (χ2n) is 4.44. The first-order valence-corrected chi connectivity index (χ1v) is 5.87. The van der Waals surface area contributed by atoms with E-state index in [1.807, 2.05) is 19.1 Å². The van der Waals surface area contributed by atoms with Crippen LogP contribution in [0.2, 0.25) is 0 Å². The molecule has 1 aromatic carbocycles. The zero-order valence-corrected chi connectivity index (χ0v) is 9.70. The van der Waals surface area contributed by atoms with Crippen LogP contribution in [-0.2, 0) is 4.74 Å². The standard InChI is InChI=1S/C13H19NO2/c1-10-2-3-12(8-13(10)15)14-9-11-4-6-16-7-5-11/h2-3,8,11,14-15H,4-7,9H2,1H3. The average Bonchev–Trinajstić information content (AvgIpc) is 2.32. The number of phenols is 1. The van der Waals surface area contributed by atoms with Crippen molar-refractivity contribution < 1.29 is 9.84 Å². The maximum atomic E-state index is 9.58. The molecule has 1 aliphatic rings. The van der Waals surface area contributed by atoms with Crippen LogP contribution in [0.5, 0.6) is 5.75 Å². The Kier molecular flexibility index (Phi) is 3.67. The second kappa shape index (κ2) is 5.21. The number of benzene rings is 1. The number of aryl methyl sites for hydroxylation is 1. The van der Waals surface area contributed by atoms with Gasteiger partial charge in [0.05, 0.1) is 0 Å². The zero-order valence-electron chi connectivity index (χ0n) is 9.70. The predicted octanol–water partition coefficient (Wildman–Crippen LogP) is 2.54. The van der Waals surface area contributed by atoms with Crippen molar-refractivity contribution in [3.63, 3.8) is 0 Å². The van der Waals surface area contributed by atoms with Gasteiger partial charge in [-0.1, -0.05) is 6.07 Å². The van der Waals surface area contributed by atoms with Gasteiger partial charge in [0.1, 0.15) is 5.75 Å². The van der Waals surface area contributed by atoms with Gasteiger partial charge in [0.2, 0.25) is 0 Å². The summed E-state index contributed by atoms with van der Waals surface area (Å²) in [5.41, 5.74) is 1.91. The minimum absolute atomic E-state index is 0.358. The molecule has 0 amide bonds. The maximum Gasteiger partial charge on any atom is 0.120 e. The fraction of sp³-hybridized carbons (Fsp3) is 0.538. The monoisotopic (exact) mass is 221 g/mol. The topological polar surface area (TPSA) is 41.5 Å². The van der Waals surface area contributed by atoms with E-state index in [0.29, 0.717) is 11.7 Å². The first kappa shape index (κ1) is 11.3. The molecule has 2 rings (SSSR count). The summed E-state index contributed by atoms with van der Waals surface area (Å²) in [5, 5.41) is 12.9. The van der Waals surface area contributed by atoms with Crippen molar-refractivity contribution in [1.29, 1.82) is 0 Å². The molecule has 1 fully saturated rings. The third-order valence-corrected chi connectivity index (χ3v) is 3.14. The minimum Gasteiger partial charge on any atom is -0.508 e. The molecule has 16 heavy (non-hydrogen) atoms. The van der Waals surface area contributed by atoms with E-state index in [-0.39, 0.29) is 0 Å². The third kappa shape index (κ3) is 2.89. The van der Waals surface area contributed by atoms with Crippen molar-refractivity contribution in [2.75, 3.05) is 25.1 Å². The van der Waals surface area contributed by atoms with Crippen LogP contribution >= 0.6 is 0 Å². The van der Waals surface area contributed by atoms with E-state index >= 15 is 0 Å². The Morgan fingerprint density at radius 1 is 1.38 bits per heavy atom. The molecule has 1 saturated heterocycles. The molecule has 88 valence electrons.